The quantitative estimate of drug-likeness (QED) is 0.748. The van der Waals surface area contributed by atoms with Gasteiger partial charge in [-0.05, 0) is 45.7 Å². The van der Waals surface area contributed by atoms with Crippen molar-refractivity contribution in [3.63, 3.8) is 0 Å². The van der Waals surface area contributed by atoms with Crippen LogP contribution in [0.2, 0.25) is 0 Å². The molecule has 3 heteroatoms. The lowest BCUT2D eigenvalue weighted by Crippen LogP contribution is -2.48. The minimum atomic E-state index is -0.0515. The molecule has 1 aliphatic carbocycles. The van der Waals surface area contributed by atoms with Crippen LogP contribution in [0.25, 0.3) is 0 Å². The molecule has 0 heterocycles. The van der Waals surface area contributed by atoms with Gasteiger partial charge >= 0.3 is 0 Å². The van der Waals surface area contributed by atoms with Crippen LogP contribution < -0.4 is 5.32 Å². The van der Waals surface area contributed by atoms with Gasteiger partial charge in [0.25, 0.3) is 0 Å². The van der Waals surface area contributed by atoms with Crippen LogP contribution in [-0.2, 0) is 0 Å². The third-order valence-corrected chi connectivity index (χ3v) is 3.51. The first kappa shape index (κ1) is 13.9. The van der Waals surface area contributed by atoms with Crippen molar-refractivity contribution >= 4 is 0 Å². The Morgan fingerprint density at radius 3 is 2.19 bits per heavy atom. The predicted octanol–water partition coefficient (Wildman–Crippen LogP) is 1.47. The van der Waals surface area contributed by atoms with E-state index in [9.17, 15) is 5.11 Å². The summed E-state index contributed by atoms with van der Waals surface area (Å²) in [6, 6.07) is 1.17. The average Bonchev–Trinajstić information content (AvgIpc) is 2.19. The van der Waals surface area contributed by atoms with E-state index in [2.05, 4.69) is 38.2 Å². The minimum Gasteiger partial charge on any atom is -0.393 e. The highest BCUT2D eigenvalue weighted by molar-refractivity contribution is 4.82. The summed E-state index contributed by atoms with van der Waals surface area (Å²) in [6.07, 6.45) is 4.12. The third-order valence-electron chi connectivity index (χ3n) is 3.51. The van der Waals surface area contributed by atoms with E-state index in [1.807, 2.05) is 0 Å². The van der Waals surface area contributed by atoms with Crippen molar-refractivity contribution < 1.29 is 5.11 Å². The summed E-state index contributed by atoms with van der Waals surface area (Å²) in [5.74, 6) is 0.661. The molecule has 0 radical (unpaired) electrons. The van der Waals surface area contributed by atoms with Crippen LogP contribution in [0.15, 0.2) is 0 Å². The van der Waals surface area contributed by atoms with E-state index in [1.165, 1.54) is 0 Å². The largest absolute Gasteiger partial charge is 0.393 e. The van der Waals surface area contributed by atoms with Gasteiger partial charge in [0.05, 0.1) is 6.10 Å². The van der Waals surface area contributed by atoms with Gasteiger partial charge in [-0.3, -0.25) is 0 Å². The molecule has 2 N–H and O–H groups in total. The zero-order valence-electron chi connectivity index (χ0n) is 11.2. The molecule has 1 atom stereocenters. The first-order valence-electron chi connectivity index (χ1n) is 6.58. The number of nitrogens with one attached hydrogen (secondary N) is 1. The van der Waals surface area contributed by atoms with Crippen LogP contribution >= 0.6 is 0 Å². The Labute approximate surface area is 100 Å². The molecule has 0 aromatic rings. The van der Waals surface area contributed by atoms with Crippen molar-refractivity contribution in [2.75, 3.05) is 20.6 Å². The van der Waals surface area contributed by atoms with E-state index < -0.39 is 0 Å². The monoisotopic (exact) mass is 228 g/mol. The smallest absolute Gasteiger partial charge is 0.0541 e. The summed E-state index contributed by atoms with van der Waals surface area (Å²) < 4.78 is 0. The Morgan fingerprint density at radius 2 is 1.75 bits per heavy atom. The molecule has 1 fully saturated rings. The van der Waals surface area contributed by atoms with Crippen molar-refractivity contribution in [2.24, 2.45) is 5.92 Å². The lowest BCUT2D eigenvalue weighted by molar-refractivity contribution is 0.110. The highest BCUT2D eigenvalue weighted by atomic mass is 16.3. The molecular formula is C13H28N2O. The van der Waals surface area contributed by atoms with Gasteiger partial charge in [0.2, 0.25) is 0 Å². The van der Waals surface area contributed by atoms with E-state index in [4.69, 9.17) is 0 Å². The Hall–Kier alpha value is -0.120. The molecule has 1 unspecified atom stereocenters. The summed E-state index contributed by atoms with van der Waals surface area (Å²) >= 11 is 0. The van der Waals surface area contributed by atoms with Crippen molar-refractivity contribution in [1.29, 1.82) is 0 Å². The lowest BCUT2D eigenvalue weighted by atomic mass is 9.91. The number of hydrogen-bond acceptors (Lipinski definition) is 3. The maximum Gasteiger partial charge on any atom is 0.0541 e. The molecule has 1 rings (SSSR count). The Kier molecular flexibility index (Phi) is 5.73. The van der Waals surface area contributed by atoms with Crippen LogP contribution in [0.1, 0.15) is 39.5 Å². The fraction of sp³-hybridized carbons (Fsp3) is 1.00. The zero-order chi connectivity index (χ0) is 12.1. The standard InChI is InChI=1S/C13H28N2O/c1-10(2)13(9-15(3)4)14-11-5-7-12(16)8-6-11/h10-14,16H,5-9H2,1-4H3. The molecular weight excluding hydrogens is 200 g/mol. The first-order chi connectivity index (χ1) is 7.49. The third kappa shape index (κ3) is 4.81. The van der Waals surface area contributed by atoms with E-state index in [0.29, 0.717) is 18.0 Å². The van der Waals surface area contributed by atoms with Crippen molar-refractivity contribution in [3.05, 3.63) is 0 Å². The van der Waals surface area contributed by atoms with E-state index in [-0.39, 0.29) is 6.10 Å². The van der Waals surface area contributed by atoms with Gasteiger partial charge in [-0.15, -0.1) is 0 Å². The second kappa shape index (κ2) is 6.58. The normalized spacial score (nSPS) is 28.7. The van der Waals surface area contributed by atoms with Gasteiger partial charge < -0.3 is 15.3 Å². The van der Waals surface area contributed by atoms with Crippen molar-refractivity contribution in [1.82, 2.24) is 10.2 Å². The van der Waals surface area contributed by atoms with Gasteiger partial charge in [0, 0.05) is 18.6 Å². The molecule has 0 aromatic heterocycles. The molecule has 0 aliphatic heterocycles. The Morgan fingerprint density at radius 1 is 1.19 bits per heavy atom. The highest BCUT2D eigenvalue weighted by Gasteiger charge is 2.23. The summed E-state index contributed by atoms with van der Waals surface area (Å²) in [6.45, 7) is 5.65. The van der Waals surface area contributed by atoms with E-state index in [1.54, 1.807) is 0 Å². The van der Waals surface area contributed by atoms with E-state index >= 15 is 0 Å². The lowest BCUT2D eigenvalue weighted by Gasteiger charge is -2.33. The topological polar surface area (TPSA) is 35.5 Å². The van der Waals surface area contributed by atoms with Gasteiger partial charge in [-0.2, -0.15) is 0 Å². The van der Waals surface area contributed by atoms with Gasteiger partial charge in [-0.1, -0.05) is 13.8 Å². The molecule has 96 valence electrons. The van der Waals surface area contributed by atoms with Crippen LogP contribution in [-0.4, -0.2) is 48.8 Å². The Balaban J connectivity index is 2.36. The van der Waals surface area contributed by atoms with Crippen LogP contribution in [0, 0.1) is 5.92 Å². The van der Waals surface area contributed by atoms with Crippen LogP contribution in [0.4, 0.5) is 0 Å². The first-order valence-corrected chi connectivity index (χ1v) is 6.58. The minimum absolute atomic E-state index is 0.0515. The summed E-state index contributed by atoms with van der Waals surface area (Å²) in [5.41, 5.74) is 0. The maximum atomic E-state index is 9.48. The maximum absolute atomic E-state index is 9.48. The summed E-state index contributed by atoms with van der Waals surface area (Å²) in [4.78, 5) is 2.25. The van der Waals surface area contributed by atoms with Gasteiger partial charge in [-0.25, -0.2) is 0 Å². The molecule has 0 saturated heterocycles. The molecule has 0 aromatic carbocycles. The number of likely N-dealkylation sites (N-methyl/N-ethyl adjacent to an activating group) is 1. The summed E-state index contributed by atoms with van der Waals surface area (Å²) in [5, 5.41) is 13.2. The predicted molar refractivity (Wildman–Crippen MR) is 68.6 cm³/mol. The Bertz CT molecular complexity index is 186. The zero-order valence-corrected chi connectivity index (χ0v) is 11.2. The number of hydrogen-bond donors (Lipinski definition) is 2. The molecule has 0 amide bonds. The van der Waals surface area contributed by atoms with Crippen molar-refractivity contribution in [2.45, 2.75) is 57.7 Å². The summed E-state index contributed by atoms with van der Waals surface area (Å²) in [7, 11) is 4.25. The number of rotatable bonds is 5. The van der Waals surface area contributed by atoms with E-state index in [0.717, 1.165) is 32.2 Å². The molecule has 16 heavy (non-hydrogen) atoms. The van der Waals surface area contributed by atoms with Gasteiger partial charge in [0.15, 0.2) is 0 Å². The average molecular weight is 228 g/mol. The fourth-order valence-corrected chi connectivity index (χ4v) is 2.39. The van der Waals surface area contributed by atoms with Crippen LogP contribution in [0.5, 0.6) is 0 Å². The number of nitrogens with zero attached hydrogens (tertiary/aromatic N) is 1. The highest BCUT2D eigenvalue weighted by Crippen LogP contribution is 2.19. The van der Waals surface area contributed by atoms with Crippen molar-refractivity contribution in [3.8, 4) is 0 Å². The second-order valence-corrected chi connectivity index (χ2v) is 5.78. The van der Waals surface area contributed by atoms with Gasteiger partial charge in [0.1, 0.15) is 0 Å². The molecule has 0 bridgehead atoms. The number of aliphatic hydroxyl groups excluding tert-OH is 1. The molecule has 0 spiro atoms. The fourth-order valence-electron chi connectivity index (χ4n) is 2.39. The molecule has 1 saturated carbocycles. The van der Waals surface area contributed by atoms with Crippen LogP contribution in [0.3, 0.4) is 0 Å². The molecule has 1 aliphatic rings. The molecule has 3 nitrogen and oxygen atoms in total. The SMILES string of the molecule is CC(C)C(CN(C)C)NC1CCC(O)CC1. The number of aliphatic hydroxyl groups is 1. The second-order valence-electron chi connectivity index (χ2n) is 5.78.